The number of rotatable bonds is 6. The van der Waals surface area contributed by atoms with Crippen LogP contribution >= 0.6 is 0 Å². The van der Waals surface area contributed by atoms with Gasteiger partial charge in [-0.15, -0.1) is 0 Å². The molecule has 0 atom stereocenters. The predicted octanol–water partition coefficient (Wildman–Crippen LogP) is 4.09. The van der Waals surface area contributed by atoms with Crippen LogP contribution < -0.4 is 11.1 Å². The first-order chi connectivity index (χ1) is 17.3. The largest absolute Gasteiger partial charge is 0.369 e. The van der Waals surface area contributed by atoms with E-state index in [0.29, 0.717) is 34.2 Å². The highest BCUT2D eigenvalue weighted by molar-refractivity contribution is 5.81. The van der Waals surface area contributed by atoms with Crippen LogP contribution in [0, 0.1) is 17.0 Å². The highest BCUT2D eigenvalue weighted by Crippen LogP contribution is 2.35. The van der Waals surface area contributed by atoms with Crippen molar-refractivity contribution in [3.05, 3.63) is 78.3 Å². The topological polar surface area (TPSA) is 128 Å². The van der Waals surface area contributed by atoms with Gasteiger partial charge in [0.05, 0.1) is 35.7 Å². The number of imidazole rings is 1. The van der Waals surface area contributed by atoms with Crippen LogP contribution in [0.5, 0.6) is 0 Å². The third kappa shape index (κ3) is 4.79. The summed E-state index contributed by atoms with van der Waals surface area (Å²) in [7, 11) is 0. The Hall–Kier alpha value is -4.22. The van der Waals surface area contributed by atoms with Crippen molar-refractivity contribution in [1.29, 1.82) is 0 Å². The predicted molar refractivity (Wildman–Crippen MR) is 127 cm³/mol. The summed E-state index contributed by atoms with van der Waals surface area (Å²) in [6.45, 7) is 1.79. The number of carbonyl (C=O) groups excluding carboxylic acids is 1. The van der Waals surface area contributed by atoms with Gasteiger partial charge in [0.25, 0.3) is 0 Å². The minimum atomic E-state index is -0.945. The van der Waals surface area contributed by atoms with Gasteiger partial charge in [0, 0.05) is 17.4 Å². The van der Waals surface area contributed by atoms with Crippen LogP contribution in [0.15, 0.2) is 60.8 Å². The molecule has 1 aliphatic heterocycles. The summed E-state index contributed by atoms with van der Waals surface area (Å²) in [5.41, 5.74) is 7.27. The molecule has 4 N–H and O–H groups in total. The number of primary amides is 1. The molecule has 4 aromatic rings. The first-order valence-electron chi connectivity index (χ1n) is 11.1. The molecule has 0 unspecified atom stereocenters. The smallest absolute Gasteiger partial charge is 0.228 e. The number of ether oxygens (including phenoxy) is 2. The number of nitrogens with zero attached hydrogens (tertiary/aromatic N) is 3. The molecule has 36 heavy (non-hydrogen) atoms. The number of benzene rings is 2. The zero-order valence-corrected chi connectivity index (χ0v) is 19.2. The summed E-state index contributed by atoms with van der Waals surface area (Å²) in [5, 5.41) is 3.03. The molecule has 0 saturated carbocycles. The molecule has 1 fully saturated rings. The number of H-pyrrole nitrogens is 1. The van der Waals surface area contributed by atoms with Crippen molar-refractivity contribution < 1.29 is 23.0 Å². The highest BCUT2D eigenvalue weighted by Gasteiger charge is 2.39. The van der Waals surface area contributed by atoms with Crippen LogP contribution in [-0.4, -0.2) is 39.1 Å². The van der Waals surface area contributed by atoms with Gasteiger partial charge >= 0.3 is 0 Å². The third-order valence-electron chi connectivity index (χ3n) is 5.78. The van der Waals surface area contributed by atoms with E-state index in [1.54, 1.807) is 43.5 Å². The molecule has 2 aromatic carbocycles. The lowest BCUT2D eigenvalue weighted by Gasteiger charge is -2.34. The molecule has 0 spiro atoms. The fraction of sp³-hybridized carbons (Fsp3) is 0.200. The number of anilines is 2. The van der Waals surface area contributed by atoms with Crippen LogP contribution in [0.2, 0.25) is 0 Å². The monoisotopic (exact) mass is 492 g/mol. The number of amides is 1. The van der Waals surface area contributed by atoms with E-state index in [1.165, 1.54) is 24.3 Å². The maximum Gasteiger partial charge on any atom is 0.228 e. The van der Waals surface area contributed by atoms with Crippen LogP contribution in [0.4, 0.5) is 20.4 Å². The maximum atomic E-state index is 13.6. The Morgan fingerprint density at radius 1 is 1.03 bits per heavy atom. The van der Waals surface area contributed by atoms with Crippen molar-refractivity contribution in [1.82, 2.24) is 19.9 Å². The van der Waals surface area contributed by atoms with Crippen molar-refractivity contribution in [2.24, 2.45) is 11.1 Å². The molecule has 11 heteroatoms. The summed E-state index contributed by atoms with van der Waals surface area (Å²) >= 11 is 0. The lowest BCUT2D eigenvalue weighted by Crippen LogP contribution is -2.46. The SMILES string of the molecule is CC1(C(N)=O)COC(c2nc(-c3ccc(F)cc3)c(-c3ccnc(Nc4ccc(F)cc4)n3)[nH]2)OC1. The Kier molecular flexibility index (Phi) is 6.17. The molecule has 0 bridgehead atoms. The van der Waals surface area contributed by atoms with E-state index in [9.17, 15) is 13.6 Å². The van der Waals surface area contributed by atoms with Gasteiger partial charge < -0.3 is 25.5 Å². The fourth-order valence-electron chi connectivity index (χ4n) is 3.63. The number of carbonyl (C=O) groups is 1. The number of nitrogens with two attached hydrogens (primary N) is 1. The minimum Gasteiger partial charge on any atom is -0.369 e. The second-order valence-corrected chi connectivity index (χ2v) is 8.63. The Morgan fingerprint density at radius 3 is 2.31 bits per heavy atom. The Balaban J connectivity index is 1.49. The molecule has 0 aliphatic carbocycles. The number of aromatic nitrogens is 4. The van der Waals surface area contributed by atoms with E-state index < -0.39 is 17.6 Å². The first kappa shape index (κ1) is 23.5. The summed E-state index contributed by atoms with van der Waals surface area (Å²) in [5.74, 6) is -0.624. The second kappa shape index (κ2) is 9.44. The normalized spacial score (nSPS) is 19.7. The molecule has 9 nitrogen and oxygen atoms in total. The van der Waals surface area contributed by atoms with Crippen molar-refractivity contribution in [2.45, 2.75) is 13.2 Å². The Labute approximate surface area is 204 Å². The minimum absolute atomic E-state index is 0.0637. The van der Waals surface area contributed by atoms with Crippen LogP contribution in [-0.2, 0) is 14.3 Å². The van der Waals surface area contributed by atoms with E-state index in [1.807, 2.05) is 0 Å². The van der Waals surface area contributed by atoms with Gasteiger partial charge in [0.2, 0.25) is 18.1 Å². The second-order valence-electron chi connectivity index (χ2n) is 8.63. The summed E-state index contributed by atoms with van der Waals surface area (Å²) in [6.07, 6.45) is 0.693. The number of halogens is 2. The molecule has 5 rings (SSSR count). The number of aromatic amines is 1. The fourth-order valence-corrected chi connectivity index (χ4v) is 3.63. The molecular weight excluding hydrogens is 470 g/mol. The quantitative estimate of drug-likeness (QED) is 0.370. The molecule has 1 saturated heterocycles. The van der Waals surface area contributed by atoms with E-state index in [4.69, 9.17) is 15.2 Å². The van der Waals surface area contributed by atoms with Gasteiger partial charge in [-0.1, -0.05) is 0 Å². The third-order valence-corrected chi connectivity index (χ3v) is 5.78. The highest BCUT2D eigenvalue weighted by atomic mass is 19.1. The van der Waals surface area contributed by atoms with E-state index in [0.717, 1.165) is 0 Å². The Bertz CT molecular complexity index is 1380. The molecular formula is C25H22F2N6O3. The number of nitrogens with one attached hydrogen (secondary N) is 2. The van der Waals surface area contributed by atoms with Gasteiger partial charge in [-0.25, -0.2) is 23.7 Å². The summed E-state index contributed by atoms with van der Waals surface area (Å²) in [6, 6.07) is 13.4. The van der Waals surface area contributed by atoms with Crippen molar-refractivity contribution >= 4 is 17.5 Å². The zero-order chi connectivity index (χ0) is 25.3. The van der Waals surface area contributed by atoms with E-state index in [2.05, 4.69) is 25.3 Å². The van der Waals surface area contributed by atoms with Crippen LogP contribution in [0.25, 0.3) is 22.6 Å². The molecule has 1 amide bonds. The van der Waals surface area contributed by atoms with Gasteiger partial charge in [-0.05, 0) is 61.5 Å². The lowest BCUT2D eigenvalue weighted by molar-refractivity contribution is -0.230. The van der Waals surface area contributed by atoms with Gasteiger partial charge in [0.1, 0.15) is 11.6 Å². The molecule has 3 heterocycles. The number of hydrogen-bond donors (Lipinski definition) is 3. The van der Waals surface area contributed by atoms with Gasteiger partial charge in [0.15, 0.2) is 5.82 Å². The molecule has 184 valence electrons. The molecule has 1 aliphatic rings. The average Bonchev–Trinajstić information content (AvgIpc) is 3.32. The average molecular weight is 492 g/mol. The Morgan fingerprint density at radius 2 is 1.67 bits per heavy atom. The van der Waals surface area contributed by atoms with Crippen molar-refractivity contribution in [2.75, 3.05) is 18.5 Å². The summed E-state index contributed by atoms with van der Waals surface area (Å²) in [4.78, 5) is 28.4. The molecule has 0 radical (unpaired) electrons. The van der Waals surface area contributed by atoms with E-state index >= 15 is 0 Å². The van der Waals surface area contributed by atoms with Crippen LogP contribution in [0.1, 0.15) is 19.0 Å². The zero-order valence-electron chi connectivity index (χ0n) is 19.2. The van der Waals surface area contributed by atoms with Crippen molar-refractivity contribution in [3.8, 4) is 22.6 Å². The summed E-state index contributed by atoms with van der Waals surface area (Å²) < 4.78 is 38.3. The van der Waals surface area contributed by atoms with Crippen LogP contribution in [0.3, 0.4) is 0 Å². The van der Waals surface area contributed by atoms with E-state index in [-0.39, 0.29) is 30.8 Å². The number of hydrogen-bond acceptors (Lipinski definition) is 7. The molecule has 2 aromatic heterocycles. The lowest BCUT2D eigenvalue weighted by atomic mass is 9.91. The maximum absolute atomic E-state index is 13.6. The van der Waals surface area contributed by atoms with Crippen molar-refractivity contribution in [3.63, 3.8) is 0 Å². The van der Waals surface area contributed by atoms with Gasteiger partial charge in [-0.3, -0.25) is 4.79 Å². The first-order valence-corrected chi connectivity index (χ1v) is 11.1. The standard InChI is InChI=1S/C25H22F2N6O3/c1-25(23(28)34)12-35-22(36-13-25)21-32-19(14-2-4-15(26)5-3-14)20(33-21)18-10-11-29-24(31-18)30-17-8-6-16(27)7-9-17/h2-11,22H,12-13H2,1H3,(H2,28,34)(H,32,33)(H,29,30,31). The van der Waals surface area contributed by atoms with Gasteiger partial charge in [-0.2, -0.15) is 0 Å².